The largest absolute Gasteiger partial charge is 0.375 e. The van der Waals surface area contributed by atoms with Crippen LogP contribution in [0.3, 0.4) is 0 Å². The van der Waals surface area contributed by atoms with E-state index in [1.165, 1.54) is 0 Å². The second-order valence-electron chi connectivity index (χ2n) is 11.1. The molecular weight excluding hydrogens is 545 g/mol. The molecular formula is C30H37ClFN5O2Si. The number of carbonyl (C=O) groups excluding carboxylic acids is 1. The SMILES string of the molecule is C[Si](C)(C)CCOCc1cnc(CCCNC(=O)c2ccc3c(CCCF)nc(-c4ccc(Cl)cc4)nc3c2)[nH]1. The Balaban J connectivity index is 1.35. The van der Waals surface area contributed by atoms with Gasteiger partial charge in [-0.1, -0.05) is 37.3 Å². The van der Waals surface area contributed by atoms with Crippen molar-refractivity contribution in [2.75, 3.05) is 19.8 Å². The highest BCUT2D eigenvalue weighted by molar-refractivity contribution is 6.76. The first-order valence-corrected chi connectivity index (χ1v) is 17.8. The molecule has 0 spiro atoms. The molecule has 4 aromatic rings. The number of halogens is 2. The molecule has 0 aliphatic heterocycles. The van der Waals surface area contributed by atoms with E-state index in [4.69, 9.17) is 26.3 Å². The summed E-state index contributed by atoms with van der Waals surface area (Å²) in [7, 11) is -1.09. The number of H-pyrrole nitrogens is 1. The summed E-state index contributed by atoms with van der Waals surface area (Å²) in [5, 5.41) is 4.43. The number of imidazole rings is 1. The molecule has 2 aromatic heterocycles. The van der Waals surface area contributed by atoms with Crippen LogP contribution in [0.2, 0.25) is 30.7 Å². The zero-order valence-electron chi connectivity index (χ0n) is 23.4. The minimum Gasteiger partial charge on any atom is -0.375 e. The second kappa shape index (κ2) is 14.0. The van der Waals surface area contributed by atoms with Crippen LogP contribution in [-0.4, -0.2) is 53.7 Å². The molecule has 2 heterocycles. The van der Waals surface area contributed by atoms with Crippen LogP contribution in [-0.2, 0) is 24.2 Å². The fourth-order valence-electron chi connectivity index (χ4n) is 4.22. The fourth-order valence-corrected chi connectivity index (χ4v) is 5.10. The number of benzene rings is 2. The standard InChI is InChI=1S/C30H37ClFN5O2Si/c1-40(2,3)17-16-39-20-24-19-34-28(35-24)7-5-15-33-30(38)22-10-13-25-26(6-4-14-32)36-29(37-27(25)18-22)21-8-11-23(31)12-9-21/h8-13,18-19H,4-7,14-17,20H2,1-3H3,(H,33,38)(H,34,35). The Hall–Kier alpha value is -3.14. The number of aromatic amines is 1. The summed E-state index contributed by atoms with van der Waals surface area (Å²) in [6.07, 6.45) is 4.15. The van der Waals surface area contributed by atoms with E-state index in [0.29, 0.717) is 47.9 Å². The number of aryl methyl sites for hydroxylation is 2. The smallest absolute Gasteiger partial charge is 0.251 e. The van der Waals surface area contributed by atoms with Gasteiger partial charge in [-0.3, -0.25) is 9.18 Å². The van der Waals surface area contributed by atoms with Gasteiger partial charge in [-0.05, 0) is 61.7 Å². The van der Waals surface area contributed by atoms with Crippen LogP contribution in [0.15, 0.2) is 48.7 Å². The minimum absolute atomic E-state index is 0.171. The average molecular weight is 582 g/mol. The molecule has 7 nitrogen and oxygen atoms in total. The lowest BCUT2D eigenvalue weighted by Gasteiger charge is -2.14. The van der Waals surface area contributed by atoms with Crippen molar-refractivity contribution in [3.63, 3.8) is 0 Å². The molecule has 0 saturated carbocycles. The van der Waals surface area contributed by atoms with E-state index in [9.17, 15) is 9.18 Å². The highest BCUT2D eigenvalue weighted by Crippen LogP contribution is 2.25. The molecule has 0 saturated heterocycles. The summed E-state index contributed by atoms with van der Waals surface area (Å²) in [5.74, 6) is 1.24. The molecule has 0 unspecified atom stereocenters. The number of nitrogens with zero attached hydrogens (tertiary/aromatic N) is 3. The second-order valence-corrected chi connectivity index (χ2v) is 17.2. The third kappa shape index (κ3) is 8.68. The quantitative estimate of drug-likeness (QED) is 0.126. The number of fused-ring (bicyclic) bond motifs is 1. The highest BCUT2D eigenvalue weighted by atomic mass is 35.5. The van der Waals surface area contributed by atoms with E-state index >= 15 is 0 Å². The van der Waals surface area contributed by atoms with Crippen molar-refractivity contribution >= 4 is 36.5 Å². The van der Waals surface area contributed by atoms with Gasteiger partial charge >= 0.3 is 0 Å². The lowest BCUT2D eigenvalue weighted by Crippen LogP contribution is -2.24. The number of aromatic nitrogens is 4. The molecule has 0 bridgehead atoms. The lowest BCUT2D eigenvalue weighted by molar-refractivity contribution is 0.0953. The van der Waals surface area contributed by atoms with Crippen LogP contribution < -0.4 is 5.32 Å². The van der Waals surface area contributed by atoms with E-state index in [1.807, 2.05) is 24.4 Å². The Morgan fingerprint density at radius 1 is 1.07 bits per heavy atom. The number of carbonyl (C=O) groups is 1. The Bertz CT molecular complexity index is 1420. The van der Waals surface area contributed by atoms with Gasteiger partial charge in [-0.2, -0.15) is 0 Å². The predicted octanol–water partition coefficient (Wildman–Crippen LogP) is 6.79. The normalized spacial score (nSPS) is 11.7. The van der Waals surface area contributed by atoms with E-state index in [1.54, 1.807) is 24.3 Å². The Morgan fingerprint density at radius 3 is 2.62 bits per heavy atom. The van der Waals surface area contributed by atoms with Gasteiger partial charge < -0.3 is 15.0 Å². The summed E-state index contributed by atoms with van der Waals surface area (Å²) in [6, 6.07) is 13.8. The lowest BCUT2D eigenvalue weighted by atomic mass is 10.1. The van der Waals surface area contributed by atoms with E-state index in [-0.39, 0.29) is 5.91 Å². The molecule has 2 N–H and O–H groups in total. The van der Waals surface area contributed by atoms with E-state index in [2.05, 4.69) is 34.9 Å². The van der Waals surface area contributed by atoms with Crippen LogP contribution in [0.5, 0.6) is 0 Å². The van der Waals surface area contributed by atoms with Crippen molar-refractivity contribution < 1.29 is 13.9 Å². The van der Waals surface area contributed by atoms with E-state index < -0.39 is 14.7 Å². The minimum atomic E-state index is -1.09. The number of amides is 1. The topological polar surface area (TPSA) is 92.8 Å². The zero-order chi connectivity index (χ0) is 28.5. The first kappa shape index (κ1) is 29.8. The summed E-state index contributed by atoms with van der Waals surface area (Å²) in [6.45, 7) is 8.42. The summed E-state index contributed by atoms with van der Waals surface area (Å²) >= 11 is 6.04. The number of hydrogen-bond acceptors (Lipinski definition) is 5. The van der Waals surface area contributed by atoms with Crippen molar-refractivity contribution in [3.8, 4) is 11.4 Å². The molecule has 2 aromatic carbocycles. The van der Waals surface area contributed by atoms with Crippen LogP contribution in [0, 0.1) is 0 Å². The monoisotopic (exact) mass is 581 g/mol. The molecule has 0 aliphatic carbocycles. The van der Waals surface area contributed by atoms with Gasteiger partial charge in [0.2, 0.25) is 0 Å². The average Bonchev–Trinajstić information content (AvgIpc) is 3.39. The van der Waals surface area contributed by atoms with Crippen LogP contribution in [0.4, 0.5) is 4.39 Å². The predicted molar refractivity (Wildman–Crippen MR) is 161 cm³/mol. The van der Waals surface area contributed by atoms with Crippen LogP contribution >= 0.6 is 11.6 Å². The van der Waals surface area contributed by atoms with Crippen molar-refractivity contribution in [2.45, 2.75) is 58.0 Å². The molecule has 0 atom stereocenters. The summed E-state index contributed by atoms with van der Waals surface area (Å²) in [5.41, 5.74) is 3.70. The Morgan fingerprint density at radius 2 is 1.88 bits per heavy atom. The highest BCUT2D eigenvalue weighted by Gasteiger charge is 2.14. The number of alkyl halides is 1. The van der Waals surface area contributed by atoms with Gasteiger partial charge in [0.25, 0.3) is 5.91 Å². The molecule has 40 heavy (non-hydrogen) atoms. The number of ether oxygens (including phenoxy) is 1. The van der Waals surface area contributed by atoms with Gasteiger partial charge in [0.05, 0.1) is 36.4 Å². The summed E-state index contributed by atoms with van der Waals surface area (Å²) < 4.78 is 18.7. The molecule has 1 amide bonds. The first-order chi connectivity index (χ1) is 19.2. The number of rotatable bonds is 14. The van der Waals surface area contributed by atoms with Crippen molar-refractivity contribution in [3.05, 3.63) is 76.5 Å². The maximum absolute atomic E-state index is 13.0. The number of hydrogen-bond donors (Lipinski definition) is 2. The fraction of sp³-hybridized carbons (Fsp3) is 0.400. The molecule has 4 rings (SSSR count). The van der Waals surface area contributed by atoms with Crippen molar-refractivity contribution in [1.82, 2.24) is 25.3 Å². The number of nitrogens with one attached hydrogen (secondary N) is 2. The third-order valence-corrected chi connectivity index (χ3v) is 8.45. The van der Waals surface area contributed by atoms with Crippen molar-refractivity contribution in [1.29, 1.82) is 0 Å². The van der Waals surface area contributed by atoms with Gasteiger partial charge in [0, 0.05) is 49.2 Å². The zero-order valence-corrected chi connectivity index (χ0v) is 25.2. The van der Waals surface area contributed by atoms with Gasteiger partial charge in [-0.25, -0.2) is 15.0 Å². The Labute approximate surface area is 241 Å². The Kier molecular flexibility index (Phi) is 10.4. The third-order valence-electron chi connectivity index (χ3n) is 6.50. The van der Waals surface area contributed by atoms with Gasteiger partial charge in [-0.15, -0.1) is 0 Å². The molecule has 10 heteroatoms. The maximum Gasteiger partial charge on any atom is 0.251 e. The van der Waals surface area contributed by atoms with Gasteiger partial charge in [0.15, 0.2) is 5.82 Å². The molecule has 0 aliphatic rings. The molecule has 212 valence electrons. The van der Waals surface area contributed by atoms with Crippen molar-refractivity contribution in [2.24, 2.45) is 0 Å². The first-order valence-electron chi connectivity index (χ1n) is 13.7. The van der Waals surface area contributed by atoms with Gasteiger partial charge in [0.1, 0.15) is 5.82 Å². The molecule has 0 fully saturated rings. The summed E-state index contributed by atoms with van der Waals surface area (Å²) in [4.78, 5) is 30.1. The van der Waals surface area contributed by atoms with E-state index in [0.717, 1.165) is 53.7 Å². The molecule has 0 radical (unpaired) electrons. The van der Waals surface area contributed by atoms with Crippen LogP contribution in [0.1, 0.15) is 40.4 Å². The maximum atomic E-state index is 13.0. The van der Waals surface area contributed by atoms with Crippen LogP contribution in [0.25, 0.3) is 22.3 Å².